The van der Waals surface area contributed by atoms with Crippen molar-refractivity contribution >= 4 is 39.3 Å². The maximum Gasteiger partial charge on any atom is 0.135 e. The van der Waals surface area contributed by atoms with Crippen molar-refractivity contribution in [2.24, 2.45) is 11.8 Å². The molecule has 0 bridgehead atoms. The van der Waals surface area contributed by atoms with Crippen molar-refractivity contribution in [3.63, 3.8) is 0 Å². The molecule has 7 heteroatoms. The lowest BCUT2D eigenvalue weighted by molar-refractivity contribution is 0.100. The van der Waals surface area contributed by atoms with Gasteiger partial charge in [-0.3, -0.25) is 16.0 Å². The molecule has 5 aliphatic carbocycles. The molecule has 3 aromatic carbocycles. The van der Waals surface area contributed by atoms with E-state index in [1.165, 1.54) is 61.7 Å². The number of aromatic nitrogens is 1. The van der Waals surface area contributed by atoms with Gasteiger partial charge in [-0.15, -0.1) is 0 Å². The number of nitrogens with zero attached hydrogens (tertiary/aromatic N) is 3. The van der Waals surface area contributed by atoms with Crippen LogP contribution in [0.15, 0.2) is 137 Å². The van der Waals surface area contributed by atoms with Crippen LogP contribution in [0.5, 0.6) is 0 Å². The molecule has 0 spiro atoms. The number of hydrogen-bond acceptors (Lipinski definition) is 6. The number of para-hydroxylation sites is 2. The fraction of sp³-hybridized carbons (Fsp3) is 0.339. The molecule has 7 nitrogen and oxygen atoms in total. The Morgan fingerprint density at radius 1 is 0.825 bits per heavy atom. The van der Waals surface area contributed by atoms with Gasteiger partial charge in [-0.05, 0) is 104 Å². The Morgan fingerprint density at radius 2 is 1.67 bits per heavy atom. The van der Waals surface area contributed by atoms with Crippen LogP contribution in [0.4, 0.5) is 5.69 Å². The lowest BCUT2D eigenvalue weighted by Gasteiger charge is -2.49. The first-order chi connectivity index (χ1) is 30.9. The van der Waals surface area contributed by atoms with Gasteiger partial charge in [0.2, 0.25) is 0 Å². The summed E-state index contributed by atoms with van der Waals surface area (Å²) >= 11 is 0. The van der Waals surface area contributed by atoms with Crippen LogP contribution in [0.3, 0.4) is 0 Å². The standard InChI is InChI=1S/C56H56N6O/c1-32-15-10-22-38-39-23-11-16-33(2)51(39)61(50(32)38)45-30-46(62-52-34(3)17-12-24-40(52)41-25-13-18-35(4)53(41)62)44(29-37(45)31-57)56-59-54(36-19-6-5-7-20-36)58-55(60-56)43-26-14-28-48-49(43)42-21-8-9-27-47(42)63-48/h5-12,14-16,18-19,21-24,26-28,34,36,38,44,46,50,54-56,58-60H,13,17,20,25,29-30H2,1-4H3. The van der Waals surface area contributed by atoms with Gasteiger partial charge in [0.25, 0.3) is 0 Å². The molecule has 1 saturated heterocycles. The molecule has 1 fully saturated rings. The van der Waals surface area contributed by atoms with E-state index in [0.29, 0.717) is 12.3 Å². The Hall–Kier alpha value is -5.91. The second-order valence-electron chi connectivity index (χ2n) is 19.2. The van der Waals surface area contributed by atoms with Crippen LogP contribution < -0.4 is 20.9 Å². The molecule has 0 amide bonds. The Balaban J connectivity index is 1.06. The summed E-state index contributed by atoms with van der Waals surface area (Å²) in [5.74, 6) is 0.917. The number of fused-ring (bicyclic) bond motifs is 9. The molecule has 7 aliphatic rings. The Kier molecular flexibility index (Phi) is 9.30. The van der Waals surface area contributed by atoms with Gasteiger partial charge in [0.1, 0.15) is 11.2 Å². The number of furan rings is 1. The van der Waals surface area contributed by atoms with Crippen molar-refractivity contribution in [2.45, 2.75) is 109 Å². The molecule has 3 N–H and O–H groups in total. The molecule has 9 unspecified atom stereocenters. The van der Waals surface area contributed by atoms with E-state index in [0.717, 1.165) is 59.6 Å². The zero-order valence-electron chi connectivity index (χ0n) is 36.7. The van der Waals surface area contributed by atoms with Crippen molar-refractivity contribution in [3.05, 3.63) is 171 Å². The summed E-state index contributed by atoms with van der Waals surface area (Å²) in [5, 5.41) is 26.3. The monoisotopic (exact) mass is 828 g/mol. The number of hydrogen-bond donors (Lipinski definition) is 3. The van der Waals surface area contributed by atoms with Gasteiger partial charge in [-0.2, -0.15) is 5.26 Å². The van der Waals surface area contributed by atoms with Crippen molar-refractivity contribution in [1.82, 2.24) is 20.5 Å². The van der Waals surface area contributed by atoms with E-state index in [9.17, 15) is 5.26 Å². The van der Waals surface area contributed by atoms with Crippen molar-refractivity contribution < 1.29 is 4.42 Å². The quantitative estimate of drug-likeness (QED) is 0.164. The van der Waals surface area contributed by atoms with E-state index in [2.05, 4.69) is 181 Å². The number of benzene rings is 3. The van der Waals surface area contributed by atoms with Crippen LogP contribution in [-0.4, -0.2) is 22.9 Å². The highest BCUT2D eigenvalue weighted by Gasteiger charge is 2.49. The molecule has 9 atom stereocenters. The lowest BCUT2D eigenvalue weighted by Crippen LogP contribution is -2.68. The van der Waals surface area contributed by atoms with E-state index in [4.69, 9.17) is 4.42 Å². The van der Waals surface area contributed by atoms with Gasteiger partial charge in [0.15, 0.2) is 0 Å². The van der Waals surface area contributed by atoms with Crippen molar-refractivity contribution in [2.75, 3.05) is 4.90 Å². The van der Waals surface area contributed by atoms with Gasteiger partial charge in [-0.25, -0.2) is 0 Å². The number of aryl methyl sites for hydroxylation is 1. The molecule has 2 aromatic heterocycles. The van der Waals surface area contributed by atoms with Crippen LogP contribution in [0, 0.1) is 30.1 Å². The van der Waals surface area contributed by atoms with Gasteiger partial charge in [0, 0.05) is 75.3 Å². The minimum Gasteiger partial charge on any atom is -0.456 e. The molecular weight excluding hydrogens is 773 g/mol. The van der Waals surface area contributed by atoms with Gasteiger partial charge in [-0.1, -0.05) is 116 Å². The van der Waals surface area contributed by atoms with Crippen molar-refractivity contribution in [3.8, 4) is 6.07 Å². The average molecular weight is 829 g/mol. The molecule has 63 heavy (non-hydrogen) atoms. The highest BCUT2D eigenvalue weighted by atomic mass is 16.3. The summed E-state index contributed by atoms with van der Waals surface area (Å²) in [6, 6.07) is 24.8. The number of allylic oxidation sites excluding steroid dienone is 10. The van der Waals surface area contributed by atoms with E-state index < -0.39 is 0 Å². The maximum atomic E-state index is 11.5. The van der Waals surface area contributed by atoms with Crippen LogP contribution in [-0.2, 0) is 6.42 Å². The second-order valence-corrected chi connectivity index (χ2v) is 19.2. The highest BCUT2D eigenvalue weighted by molar-refractivity contribution is 6.06. The molecule has 0 saturated carbocycles. The second kappa shape index (κ2) is 15.1. The fourth-order valence-electron chi connectivity index (χ4n) is 12.8. The third-order valence-corrected chi connectivity index (χ3v) is 15.6. The molecule has 2 aliphatic heterocycles. The Bertz CT molecular complexity index is 2980. The number of nitrogens with one attached hydrogen (secondary N) is 3. The zero-order chi connectivity index (χ0) is 42.5. The predicted molar refractivity (Wildman–Crippen MR) is 256 cm³/mol. The summed E-state index contributed by atoms with van der Waals surface area (Å²) in [7, 11) is 0. The smallest absolute Gasteiger partial charge is 0.135 e. The fourth-order valence-corrected chi connectivity index (χ4v) is 12.8. The molecule has 12 rings (SSSR count). The summed E-state index contributed by atoms with van der Waals surface area (Å²) in [5.41, 5.74) is 17.5. The molecule has 316 valence electrons. The van der Waals surface area contributed by atoms with Gasteiger partial charge < -0.3 is 13.9 Å². The predicted octanol–water partition coefficient (Wildman–Crippen LogP) is 12.0. The van der Waals surface area contributed by atoms with Gasteiger partial charge >= 0.3 is 0 Å². The number of rotatable bonds is 5. The normalized spacial score (nSPS) is 29.6. The zero-order valence-corrected chi connectivity index (χ0v) is 36.7. The number of nitriles is 1. The summed E-state index contributed by atoms with van der Waals surface area (Å²) in [6.07, 6.45) is 28.4. The van der Waals surface area contributed by atoms with Crippen molar-refractivity contribution in [1.29, 1.82) is 5.26 Å². The van der Waals surface area contributed by atoms with Crippen LogP contribution in [0.1, 0.15) is 116 Å². The first-order valence-corrected chi connectivity index (χ1v) is 23.4. The average Bonchev–Trinajstić information content (AvgIpc) is 3.99. The van der Waals surface area contributed by atoms with E-state index in [1.54, 1.807) is 0 Å². The first kappa shape index (κ1) is 38.7. The first-order valence-electron chi connectivity index (χ1n) is 23.4. The molecule has 5 aromatic rings. The topological polar surface area (TPSA) is 81.2 Å². The van der Waals surface area contributed by atoms with Crippen LogP contribution >= 0.6 is 0 Å². The lowest BCUT2D eigenvalue weighted by atomic mass is 9.78. The summed E-state index contributed by atoms with van der Waals surface area (Å²) in [4.78, 5) is 2.62. The van der Waals surface area contributed by atoms with Crippen LogP contribution in [0.2, 0.25) is 0 Å². The third kappa shape index (κ3) is 6.02. The van der Waals surface area contributed by atoms with E-state index >= 15 is 0 Å². The number of anilines is 1. The summed E-state index contributed by atoms with van der Waals surface area (Å²) in [6.45, 7) is 9.30. The largest absolute Gasteiger partial charge is 0.456 e. The Morgan fingerprint density at radius 3 is 2.54 bits per heavy atom. The molecule has 0 radical (unpaired) electrons. The molecule has 4 heterocycles. The van der Waals surface area contributed by atoms with Gasteiger partial charge in [0.05, 0.1) is 30.6 Å². The van der Waals surface area contributed by atoms with E-state index in [1.807, 2.05) is 0 Å². The van der Waals surface area contributed by atoms with E-state index in [-0.39, 0.29) is 48.3 Å². The minimum atomic E-state index is -0.173. The highest BCUT2D eigenvalue weighted by Crippen LogP contribution is 2.55. The molecular formula is C56H56N6O. The summed E-state index contributed by atoms with van der Waals surface area (Å²) < 4.78 is 9.29. The Labute approximate surface area is 370 Å². The minimum absolute atomic E-state index is 0.0147. The SMILES string of the molecule is CC1=CCCc2c3c(n(C4CC(N5c6c(C)cccc6C6C=CC=C(C)C65)=C(C#N)CC4C4NC(c5cccc6oc7ccccc7c56)NC(C5C=CC=CC5)N4)c21)C(C)CC=C3. The third-order valence-electron chi connectivity index (χ3n) is 15.6. The maximum absolute atomic E-state index is 11.5. The van der Waals surface area contributed by atoms with Crippen LogP contribution in [0.25, 0.3) is 33.6 Å².